The Kier molecular flexibility index (Phi) is 5.49. The first-order valence-electron chi connectivity index (χ1n) is 6.67. The first kappa shape index (κ1) is 15.8. The van der Waals surface area contributed by atoms with Gasteiger partial charge in [-0.3, -0.25) is 9.80 Å². The van der Waals surface area contributed by atoms with Gasteiger partial charge in [0.25, 0.3) is 0 Å². The third kappa shape index (κ3) is 3.97. The van der Waals surface area contributed by atoms with Gasteiger partial charge in [-0.15, -0.1) is 0 Å². The van der Waals surface area contributed by atoms with Gasteiger partial charge >= 0.3 is 0 Å². The molecule has 1 saturated heterocycles. The largest absolute Gasteiger partial charge is 0.392 e. The lowest BCUT2D eigenvalue weighted by atomic mass is 10.1. The lowest BCUT2D eigenvalue weighted by molar-refractivity contribution is 0.117. The first-order chi connectivity index (χ1) is 9.47. The van der Waals surface area contributed by atoms with Crippen LogP contribution in [0.1, 0.15) is 12.5 Å². The van der Waals surface area contributed by atoms with Gasteiger partial charge in [-0.1, -0.05) is 34.2 Å². The fourth-order valence-corrected chi connectivity index (χ4v) is 3.00. The normalized spacial score (nSPS) is 18.9. The van der Waals surface area contributed by atoms with Crippen LogP contribution < -0.4 is 5.73 Å². The van der Waals surface area contributed by atoms with Crippen molar-refractivity contribution >= 4 is 33.1 Å². The molecule has 1 fully saturated rings. The molecule has 0 amide bonds. The molecule has 0 saturated carbocycles. The Hall–Kier alpha value is -0.560. The maximum atomic E-state index is 13.1. The standard InChI is InChI=1S/C14H19BrFN3S/c1-10(14(17)20)19-6-4-18(5-7-19)9-11-2-3-12(16)8-13(11)15/h2-3,8,10H,4-7,9H2,1H3,(H2,17,20). The van der Waals surface area contributed by atoms with E-state index in [9.17, 15) is 4.39 Å². The molecule has 1 aromatic rings. The molecule has 1 aromatic carbocycles. The van der Waals surface area contributed by atoms with Gasteiger partial charge < -0.3 is 5.73 Å². The van der Waals surface area contributed by atoms with Crippen LogP contribution in [0, 0.1) is 5.82 Å². The molecule has 1 unspecified atom stereocenters. The Morgan fingerprint density at radius 2 is 2.05 bits per heavy atom. The number of halogens is 2. The summed E-state index contributed by atoms with van der Waals surface area (Å²) in [4.78, 5) is 5.22. The van der Waals surface area contributed by atoms with Crippen molar-refractivity contribution in [1.82, 2.24) is 9.80 Å². The van der Waals surface area contributed by atoms with E-state index in [1.165, 1.54) is 12.1 Å². The summed E-state index contributed by atoms with van der Waals surface area (Å²) in [6.07, 6.45) is 0. The van der Waals surface area contributed by atoms with Crippen LogP contribution in [0.15, 0.2) is 22.7 Å². The number of thiocarbonyl (C=S) groups is 1. The Morgan fingerprint density at radius 1 is 1.40 bits per heavy atom. The minimum Gasteiger partial charge on any atom is -0.392 e. The highest BCUT2D eigenvalue weighted by atomic mass is 79.9. The summed E-state index contributed by atoms with van der Waals surface area (Å²) in [5, 5.41) is 0. The van der Waals surface area contributed by atoms with Crippen molar-refractivity contribution < 1.29 is 4.39 Å². The van der Waals surface area contributed by atoms with E-state index in [0.29, 0.717) is 4.99 Å². The summed E-state index contributed by atoms with van der Waals surface area (Å²) in [5.41, 5.74) is 6.81. The highest BCUT2D eigenvalue weighted by Gasteiger charge is 2.22. The molecule has 0 radical (unpaired) electrons. The number of benzene rings is 1. The summed E-state index contributed by atoms with van der Waals surface area (Å²) in [7, 11) is 0. The predicted octanol–water partition coefficient (Wildman–Crippen LogP) is 2.38. The van der Waals surface area contributed by atoms with Crippen LogP contribution >= 0.6 is 28.1 Å². The van der Waals surface area contributed by atoms with Crippen molar-refractivity contribution in [1.29, 1.82) is 0 Å². The molecule has 1 aliphatic rings. The average molecular weight is 360 g/mol. The van der Waals surface area contributed by atoms with Gasteiger partial charge in [-0.2, -0.15) is 0 Å². The average Bonchev–Trinajstić information content (AvgIpc) is 2.42. The van der Waals surface area contributed by atoms with Crippen molar-refractivity contribution in [3.8, 4) is 0 Å². The van der Waals surface area contributed by atoms with Gasteiger partial charge in [0.05, 0.1) is 11.0 Å². The van der Waals surface area contributed by atoms with Crippen LogP contribution in [-0.4, -0.2) is 47.0 Å². The highest BCUT2D eigenvalue weighted by Crippen LogP contribution is 2.20. The first-order valence-corrected chi connectivity index (χ1v) is 7.87. The Morgan fingerprint density at radius 3 is 2.60 bits per heavy atom. The zero-order chi connectivity index (χ0) is 14.7. The summed E-state index contributed by atoms with van der Waals surface area (Å²) in [5.74, 6) is -0.212. The van der Waals surface area contributed by atoms with Gasteiger partial charge in [-0.25, -0.2) is 4.39 Å². The summed E-state index contributed by atoms with van der Waals surface area (Å²) in [6.45, 7) is 6.73. The molecule has 2 N–H and O–H groups in total. The predicted molar refractivity (Wildman–Crippen MR) is 87.2 cm³/mol. The minimum absolute atomic E-state index is 0.157. The summed E-state index contributed by atoms with van der Waals surface area (Å²) in [6, 6.07) is 5.01. The zero-order valence-electron chi connectivity index (χ0n) is 11.5. The Bertz CT molecular complexity index is 489. The van der Waals surface area contributed by atoms with Crippen LogP contribution in [0.3, 0.4) is 0 Å². The van der Waals surface area contributed by atoms with Crippen LogP contribution in [0.25, 0.3) is 0 Å². The minimum atomic E-state index is -0.212. The van der Waals surface area contributed by atoms with Crippen molar-refractivity contribution in [3.63, 3.8) is 0 Å². The second kappa shape index (κ2) is 6.93. The number of nitrogens with two attached hydrogens (primary N) is 1. The number of hydrogen-bond donors (Lipinski definition) is 1. The van der Waals surface area contributed by atoms with Crippen molar-refractivity contribution in [2.75, 3.05) is 26.2 Å². The molecular formula is C14H19BrFN3S. The zero-order valence-corrected chi connectivity index (χ0v) is 13.9. The van der Waals surface area contributed by atoms with E-state index >= 15 is 0 Å². The lowest BCUT2D eigenvalue weighted by Crippen LogP contribution is -2.52. The number of nitrogens with zero attached hydrogens (tertiary/aromatic N) is 2. The van der Waals surface area contributed by atoms with E-state index in [1.807, 2.05) is 6.07 Å². The van der Waals surface area contributed by atoms with Crippen LogP contribution in [0.4, 0.5) is 4.39 Å². The summed E-state index contributed by atoms with van der Waals surface area (Å²) < 4.78 is 13.9. The van der Waals surface area contributed by atoms with Gasteiger partial charge in [-0.05, 0) is 24.6 Å². The Balaban J connectivity index is 1.90. The third-order valence-corrected chi connectivity index (χ3v) is 4.85. The molecule has 0 spiro atoms. The Labute approximate surface area is 133 Å². The molecule has 0 aromatic heterocycles. The van der Waals surface area contributed by atoms with E-state index in [0.717, 1.165) is 42.8 Å². The van der Waals surface area contributed by atoms with Gasteiger partial charge in [0.1, 0.15) is 5.82 Å². The molecule has 1 heterocycles. The SMILES string of the molecule is CC(C(N)=S)N1CCN(Cc2ccc(F)cc2Br)CC1. The molecule has 6 heteroatoms. The second-order valence-corrected chi connectivity index (χ2v) is 6.45. The van der Waals surface area contributed by atoms with Crippen LogP contribution in [-0.2, 0) is 6.54 Å². The molecule has 3 nitrogen and oxygen atoms in total. The van der Waals surface area contributed by atoms with Crippen molar-refractivity contribution in [2.45, 2.75) is 19.5 Å². The van der Waals surface area contributed by atoms with E-state index in [4.69, 9.17) is 18.0 Å². The second-order valence-electron chi connectivity index (χ2n) is 5.13. The molecular weight excluding hydrogens is 341 g/mol. The van der Waals surface area contributed by atoms with Gasteiger partial charge in [0.15, 0.2) is 0 Å². The molecule has 0 bridgehead atoms. The molecule has 2 rings (SSSR count). The van der Waals surface area contributed by atoms with Gasteiger partial charge in [0, 0.05) is 37.2 Å². The molecule has 0 aliphatic carbocycles. The number of hydrogen-bond acceptors (Lipinski definition) is 3. The maximum Gasteiger partial charge on any atom is 0.124 e. The van der Waals surface area contributed by atoms with Crippen LogP contribution in [0.2, 0.25) is 0 Å². The summed E-state index contributed by atoms with van der Waals surface area (Å²) >= 11 is 8.46. The van der Waals surface area contributed by atoms with E-state index < -0.39 is 0 Å². The number of rotatable bonds is 4. The van der Waals surface area contributed by atoms with Crippen LogP contribution in [0.5, 0.6) is 0 Å². The van der Waals surface area contributed by atoms with E-state index in [2.05, 4.69) is 32.7 Å². The maximum absolute atomic E-state index is 13.1. The molecule has 1 aliphatic heterocycles. The number of piperazine rings is 1. The molecule has 1 atom stereocenters. The van der Waals surface area contributed by atoms with E-state index in [1.54, 1.807) is 0 Å². The van der Waals surface area contributed by atoms with E-state index in [-0.39, 0.29) is 11.9 Å². The quantitative estimate of drug-likeness (QED) is 0.836. The lowest BCUT2D eigenvalue weighted by Gasteiger charge is -2.37. The fourth-order valence-electron chi connectivity index (χ4n) is 2.38. The highest BCUT2D eigenvalue weighted by molar-refractivity contribution is 9.10. The third-order valence-electron chi connectivity index (χ3n) is 3.78. The molecule has 20 heavy (non-hydrogen) atoms. The van der Waals surface area contributed by atoms with Gasteiger partial charge in [0.2, 0.25) is 0 Å². The molecule has 110 valence electrons. The smallest absolute Gasteiger partial charge is 0.124 e. The van der Waals surface area contributed by atoms with Crippen molar-refractivity contribution in [3.05, 3.63) is 34.1 Å². The monoisotopic (exact) mass is 359 g/mol. The topological polar surface area (TPSA) is 32.5 Å². The fraction of sp³-hybridized carbons (Fsp3) is 0.500. The van der Waals surface area contributed by atoms with Crippen molar-refractivity contribution in [2.24, 2.45) is 5.73 Å².